The summed E-state index contributed by atoms with van der Waals surface area (Å²) in [4.78, 5) is 12.1. The second kappa shape index (κ2) is 5.83. The average molecular weight is 296 g/mol. The van der Waals surface area contributed by atoms with E-state index in [1.54, 1.807) is 18.2 Å². The summed E-state index contributed by atoms with van der Waals surface area (Å²) in [5, 5.41) is 9.71. The number of methoxy groups -OCH3 is 2. The third-order valence-electron chi connectivity index (χ3n) is 2.66. The molecule has 1 aromatic carbocycles. The maximum Gasteiger partial charge on any atom is 0.276 e. The molecule has 0 fully saturated rings. The van der Waals surface area contributed by atoms with Crippen molar-refractivity contribution < 1.29 is 14.3 Å². The van der Waals surface area contributed by atoms with Gasteiger partial charge in [0.05, 0.1) is 24.9 Å². The van der Waals surface area contributed by atoms with Gasteiger partial charge >= 0.3 is 0 Å². The highest BCUT2D eigenvalue weighted by Crippen LogP contribution is 2.35. The molecule has 7 heteroatoms. The lowest BCUT2D eigenvalue weighted by molar-refractivity contribution is 0.102. The third kappa shape index (κ3) is 2.85. The van der Waals surface area contributed by atoms with Gasteiger partial charge < -0.3 is 14.8 Å². The number of ether oxygens (including phenoxy) is 2. The summed E-state index contributed by atoms with van der Waals surface area (Å²) in [5.74, 6) is 0.536. The SMILES string of the molecule is COc1cc(NC(=O)c2cc(C)[nH]n2)c(OC)cc1Cl. The van der Waals surface area contributed by atoms with Crippen LogP contribution < -0.4 is 14.8 Å². The van der Waals surface area contributed by atoms with Crippen LogP contribution >= 0.6 is 11.6 Å². The smallest absolute Gasteiger partial charge is 0.276 e. The molecule has 0 atom stereocenters. The number of H-pyrrole nitrogens is 1. The number of aromatic nitrogens is 2. The fourth-order valence-corrected chi connectivity index (χ4v) is 1.91. The average Bonchev–Trinajstić information content (AvgIpc) is 2.87. The molecule has 1 amide bonds. The lowest BCUT2D eigenvalue weighted by Crippen LogP contribution is -2.13. The summed E-state index contributed by atoms with van der Waals surface area (Å²) in [6.45, 7) is 1.82. The van der Waals surface area contributed by atoms with E-state index in [4.69, 9.17) is 21.1 Å². The molecule has 0 bridgehead atoms. The highest BCUT2D eigenvalue weighted by molar-refractivity contribution is 6.32. The highest BCUT2D eigenvalue weighted by atomic mass is 35.5. The Bertz CT molecular complexity index is 640. The van der Waals surface area contributed by atoms with Gasteiger partial charge in [-0.05, 0) is 13.0 Å². The lowest BCUT2D eigenvalue weighted by Gasteiger charge is -2.12. The van der Waals surface area contributed by atoms with Crippen LogP contribution in [0, 0.1) is 6.92 Å². The van der Waals surface area contributed by atoms with Gasteiger partial charge in [-0.1, -0.05) is 11.6 Å². The topological polar surface area (TPSA) is 76.2 Å². The van der Waals surface area contributed by atoms with Gasteiger partial charge in [0.1, 0.15) is 11.5 Å². The van der Waals surface area contributed by atoms with Crippen LogP contribution in [0.25, 0.3) is 0 Å². The first-order valence-corrected chi connectivity index (χ1v) is 6.18. The normalized spacial score (nSPS) is 10.2. The zero-order valence-electron chi connectivity index (χ0n) is 11.3. The molecule has 0 aliphatic rings. The monoisotopic (exact) mass is 295 g/mol. The number of aromatic amines is 1. The van der Waals surface area contributed by atoms with Crippen LogP contribution in [0.5, 0.6) is 11.5 Å². The van der Waals surface area contributed by atoms with Crippen molar-refractivity contribution in [3.8, 4) is 11.5 Å². The Morgan fingerprint density at radius 1 is 1.25 bits per heavy atom. The van der Waals surface area contributed by atoms with Crippen molar-refractivity contribution in [3.05, 3.63) is 34.6 Å². The van der Waals surface area contributed by atoms with E-state index in [2.05, 4.69) is 15.5 Å². The van der Waals surface area contributed by atoms with Crippen molar-refractivity contribution in [3.63, 3.8) is 0 Å². The molecular formula is C13H14ClN3O3. The van der Waals surface area contributed by atoms with Crippen LogP contribution in [0.4, 0.5) is 5.69 Å². The van der Waals surface area contributed by atoms with Crippen LogP contribution in [0.2, 0.25) is 5.02 Å². The second-order valence-electron chi connectivity index (χ2n) is 4.08. The number of nitrogens with one attached hydrogen (secondary N) is 2. The van der Waals surface area contributed by atoms with E-state index < -0.39 is 0 Å². The van der Waals surface area contributed by atoms with Crippen molar-refractivity contribution in [1.82, 2.24) is 10.2 Å². The van der Waals surface area contributed by atoms with E-state index in [1.165, 1.54) is 14.2 Å². The Labute approximate surface area is 121 Å². The number of carbonyl (C=O) groups excluding carboxylic acids is 1. The fourth-order valence-electron chi connectivity index (χ4n) is 1.68. The number of nitrogens with zero attached hydrogens (tertiary/aromatic N) is 1. The summed E-state index contributed by atoms with van der Waals surface area (Å²) < 4.78 is 10.3. The van der Waals surface area contributed by atoms with Gasteiger partial charge in [0.2, 0.25) is 0 Å². The Kier molecular flexibility index (Phi) is 4.14. The van der Waals surface area contributed by atoms with Crippen molar-refractivity contribution in [2.45, 2.75) is 6.92 Å². The first kappa shape index (κ1) is 14.2. The van der Waals surface area contributed by atoms with Gasteiger partial charge in [0.15, 0.2) is 5.69 Å². The molecule has 1 heterocycles. The second-order valence-corrected chi connectivity index (χ2v) is 4.48. The minimum atomic E-state index is -0.350. The Morgan fingerprint density at radius 3 is 2.50 bits per heavy atom. The van der Waals surface area contributed by atoms with E-state index in [0.717, 1.165) is 5.69 Å². The standard InChI is InChI=1S/C13H14ClN3O3/c1-7-4-10(17-16-7)13(18)15-9-6-11(19-2)8(14)5-12(9)20-3/h4-6H,1-3H3,(H,15,18)(H,16,17). The molecule has 20 heavy (non-hydrogen) atoms. The maximum atomic E-state index is 12.1. The Morgan fingerprint density at radius 2 is 1.95 bits per heavy atom. The van der Waals surface area contributed by atoms with Crippen LogP contribution in [0.1, 0.15) is 16.2 Å². The van der Waals surface area contributed by atoms with Crippen molar-refractivity contribution in [2.24, 2.45) is 0 Å². The number of anilines is 1. The minimum Gasteiger partial charge on any atom is -0.495 e. The molecule has 6 nitrogen and oxygen atoms in total. The van der Waals surface area contributed by atoms with E-state index in [0.29, 0.717) is 27.9 Å². The lowest BCUT2D eigenvalue weighted by atomic mass is 10.2. The number of benzene rings is 1. The van der Waals surface area contributed by atoms with Crippen molar-refractivity contribution >= 4 is 23.2 Å². The van der Waals surface area contributed by atoms with Crippen molar-refractivity contribution in [2.75, 3.05) is 19.5 Å². The Balaban J connectivity index is 2.30. The van der Waals surface area contributed by atoms with Crippen LogP contribution in [0.15, 0.2) is 18.2 Å². The summed E-state index contributed by atoms with van der Waals surface area (Å²) in [6, 6.07) is 4.82. The predicted octanol–water partition coefficient (Wildman–Crippen LogP) is 2.64. The number of aryl methyl sites for hydroxylation is 1. The molecule has 0 saturated heterocycles. The van der Waals surface area contributed by atoms with Crippen molar-refractivity contribution in [1.29, 1.82) is 0 Å². The van der Waals surface area contributed by atoms with Gasteiger partial charge in [-0.2, -0.15) is 5.10 Å². The number of hydrogen-bond acceptors (Lipinski definition) is 4. The van der Waals surface area contributed by atoms with Crippen LogP contribution in [0.3, 0.4) is 0 Å². The fraction of sp³-hybridized carbons (Fsp3) is 0.231. The molecule has 2 aromatic rings. The minimum absolute atomic E-state index is 0.290. The Hall–Kier alpha value is -2.21. The molecule has 2 rings (SSSR count). The number of amides is 1. The predicted molar refractivity (Wildman–Crippen MR) is 75.8 cm³/mol. The molecule has 2 N–H and O–H groups in total. The molecule has 1 aromatic heterocycles. The highest BCUT2D eigenvalue weighted by Gasteiger charge is 2.15. The molecular weight excluding hydrogens is 282 g/mol. The van der Waals surface area contributed by atoms with E-state index in [-0.39, 0.29) is 5.91 Å². The van der Waals surface area contributed by atoms with Gasteiger partial charge in [0, 0.05) is 17.8 Å². The van der Waals surface area contributed by atoms with Gasteiger partial charge in [-0.15, -0.1) is 0 Å². The van der Waals surface area contributed by atoms with E-state index in [9.17, 15) is 4.79 Å². The summed E-state index contributed by atoms with van der Waals surface area (Å²) >= 11 is 6.00. The molecule has 106 valence electrons. The molecule has 0 radical (unpaired) electrons. The molecule has 0 aliphatic carbocycles. The van der Waals surface area contributed by atoms with Crippen LogP contribution in [-0.4, -0.2) is 30.3 Å². The van der Waals surface area contributed by atoms with Gasteiger partial charge in [-0.3, -0.25) is 9.89 Å². The quantitative estimate of drug-likeness (QED) is 0.909. The first-order chi connectivity index (χ1) is 9.55. The number of carbonyl (C=O) groups is 1. The summed E-state index contributed by atoms with van der Waals surface area (Å²) in [5.41, 5.74) is 1.55. The zero-order valence-corrected chi connectivity index (χ0v) is 12.0. The number of hydrogen-bond donors (Lipinski definition) is 2. The summed E-state index contributed by atoms with van der Waals surface area (Å²) in [6.07, 6.45) is 0. The largest absolute Gasteiger partial charge is 0.495 e. The maximum absolute atomic E-state index is 12.1. The third-order valence-corrected chi connectivity index (χ3v) is 2.96. The molecule has 0 saturated carbocycles. The molecule has 0 spiro atoms. The zero-order chi connectivity index (χ0) is 14.7. The number of rotatable bonds is 4. The van der Waals surface area contributed by atoms with Gasteiger partial charge in [-0.25, -0.2) is 0 Å². The van der Waals surface area contributed by atoms with Gasteiger partial charge in [0.25, 0.3) is 5.91 Å². The number of halogens is 1. The summed E-state index contributed by atoms with van der Waals surface area (Å²) in [7, 11) is 2.99. The molecule has 0 unspecified atom stereocenters. The molecule has 0 aliphatic heterocycles. The van der Waals surface area contributed by atoms with E-state index in [1.807, 2.05) is 6.92 Å². The van der Waals surface area contributed by atoms with E-state index >= 15 is 0 Å². The van der Waals surface area contributed by atoms with Crippen LogP contribution in [-0.2, 0) is 0 Å². The first-order valence-electron chi connectivity index (χ1n) is 5.80.